The molecule has 148 valence electrons. The number of fused-ring (bicyclic) bond motifs is 1. The number of ketones is 1. The van der Waals surface area contributed by atoms with E-state index in [0.29, 0.717) is 12.8 Å². The summed E-state index contributed by atoms with van der Waals surface area (Å²) in [6.45, 7) is 0.764. The highest BCUT2D eigenvalue weighted by atomic mass is 19.1. The second-order valence-electron chi connectivity index (χ2n) is 6.76. The molecule has 0 N–H and O–H groups in total. The lowest BCUT2D eigenvalue weighted by Crippen LogP contribution is -2.44. The van der Waals surface area contributed by atoms with E-state index in [1.165, 1.54) is 26.2 Å². The lowest BCUT2D eigenvalue weighted by Gasteiger charge is -2.21. The summed E-state index contributed by atoms with van der Waals surface area (Å²) in [4.78, 5) is 50.4. The molecule has 0 radical (unpaired) electrons. The van der Waals surface area contributed by atoms with Gasteiger partial charge in [-0.25, -0.2) is 9.18 Å². The van der Waals surface area contributed by atoms with Crippen molar-refractivity contribution in [2.24, 2.45) is 11.8 Å². The number of rotatable bonds is 6. The zero-order valence-electron chi connectivity index (χ0n) is 15.5. The number of imide groups is 1. The van der Waals surface area contributed by atoms with Gasteiger partial charge in [-0.1, -0.05) is 12.2 Å². The number of benzene rings is 1. The molecular weight excluding hydrogens is 369 g/mol. The molecule has 8 heteroatoms. The highest BCUT2D eigenvalue weighted by Gasteiger charge is 2.50. The normalized spacial score (nSPS) is 22.0. The third-order valence-electron chi connectivity index (χ3n) is 5.09. The Morgan fingerprint density at radius 2 is 1.79 bits per heavy atom. The topological polar surface area (TPSA) is 90.0 Å². The van der Waals surface area contributed by atoms with E-state index in [4.69, 9.17) is 9.47 Å². The molecule has 0 bridgehead atoms. The van der Waals surface area contributed by atoms with Crippen LogP contribution in [0.25, 0.3) is 0 Å². The van der Waals surface area contributed by atoms with Gasteiger partial charge in [-0.15, -0.1) is 0 Å². The van der Waals surface area contributed by atoms with Crippen molar-refractivity contribution in [1.29, 1.82) is 0 Å². The molecule has 1 saturated heterocycles. The molecule has 7 nitrogen and oxygen atoms in total. The molecule has 1 aromatic rings. The van der Waals surface area contributed by atoms with Crippen LogP contribution in [0.1, 0.15) is 30.1 Å². The van der Waals surface area contributed by atoms with Crippen LogP contribution in [0.5, 0.6) is 5.75 Å². The number of likely N-dealkylation sites (tertiary alicyclic amines) is 1. The van der Waals surface area contributed by atoms with E-state index >= 15 is 0 Å². The lowest BCUT2D eigenvalue weighted by atomic mass is 9.85. The number of carbonyl (C=O) groups excluding carboxylic acids is 4. The maximum Gasteiger partial charge on any atom is 0.329 e. The molecule has 2 aliphatic rings. The summed E-state index contributed by atoms with van der Waals surface area (Å²) in [6, 6.07) is 2.51. The molecule has 1 aromatic carbocycles. The molecule has 1 aliphatic carbocycles. The second kappa shape index (κ2) is 7.92. The predicted octanol–water partition coefficient (Wildman–Crippen LogP) is 1.90. The fourth-order valence-electron chi connectivity index (χ4n) is 3.49. The summed E-state index contributed by atoms with van der Waals surface area (Å²) in [5, 5.41) is 0. The molecule has 0 unspecified atom stereocenters. The number of nitrogens with zero attached hydrogens (tertiary/aromatic N) is 1. The number of hydrogen-bond acceptors (Lipinski definition) is 6. The Balaban J connectivity index is 1.61. The second-order valence-corrected chi connectivity index (χ2v) is 6.76. The van der Waals surface area contributed by atoms with E-state index in [0.717, 1.165) is 11.0 Å². The number of methoxy groups -OCH3 is 1. The predicted molar refractivity (Wildman–Crippen MR) is 94.9 cm³/mol. The van der Waals surface area contributed by atoms with Crippen LogP contribution in [0, 0.1) is 17.7 Å². The first-order valence-corrected chi connectivity index (χ1v) is 8.90. The highest BCUT2D eigenvalue weighted by Crippen LogP contribution is 2.36. The van der Waals surface area contributed by atoms with E-state index in [1.54, 1.807) is 0 Å². The van der Waals surface area contributed by atoms with Gasteiger partial charge >= 0.3 is 5.97 Å². The molecular formula is C20H20FNO6. The van der Waals surface area contributed by atoms with Gasteiger partial charge in [0.05, 0.1) is 18.9 Å². The first kappa shape index (κ1) is 19.7. The Labute approximate surface area is 161 Å². The van der Waals surface area contributed by atoms with Crippen LogP contribution in [-0.2, 0) is 19.1 Å². The quantitative estimate of drug-likeness (QED) is 0.320. The SMILES string of the molecule is COc1ccc(C(=O)COC(=O)[C@H](C)N2C(=O)[C@@H]3CC=CC[C@H]3C2=O)cc1F. The maximum absolute atomic E-state index is 13.7. The first-order chi connectivity index (χ1) is 13.3. The Kier molecular flexibility index (Phi) is 5.58. The first-order valence-electron chi connectivity index (χ1n) is 8.90. The van der Waals surface area contributed by atoms with Gasteiger partial charge in [0.1, 0.15) is 6.04 Å². The molecule has 28 heavy (non-hydrogen) atoms. The van der Waals surface area contributed by atoms with Crippen LogP contribution in [0.4, 0.5) is 4.39 Å². The maximum atomic E-state index is 13.7. The molecule has 1 heterocycles. The third-order valence-corrected chi connectivity index (χ3v) is 5.09. The summed E-state index contributed by atoms with van der Waals surface area (Å²) in [7, 11) is 1.30. The standard InChI is InChI=1S/C20H20FNO6/c1-11(22-18(24)13-5-3-4-6-14(13)19(22)25)20(26)28-10-16(23)12-7-8-17(27-2)15(21)9-12/h3-4,7-9,11,13-14H,5-6,10H2,1-2H3/t11-,13+,14+/m0/s1. The van der Waals surface area contributed by atoms with E-state index in [-0.39, 0.29) is 11.3 Å². The largest absolute Gasteiger partial charge is 0.494 e. The van der Waals surface area contributed by atoms with E-state index in [1.807, 2.05) is 12.2 Å². The Hall–Kier alpha value is -3.03. The molecule has 0 saturated carbocycles. The van der Waals surface area contributed by atoms with Crippen molar-refractivity contribution in [1.82, 2.24) is 4.90 Å². The van der Waals surface area contributed by atoms with Crippen molar-refractivity contribution in [3.8, 4) is 5.75 Å². The summed E-state index contributed by atoms with van der Waals surface area (Å²) in [6.07, 6.45) is 4.64. The average Bonchev–Trinajstić information content (AvgIpc) is 2.96. The molecule has 2 amide bonds. The van der Waals surface area contributed by atoms with Gasteiger partial charge in [-0.3, -0.25) is 19.3 Å². The molecule has 0 aromatic heterocycles. The number of esters is 1. The molecule has 0 spiro atoms. The van der Waals surface area contributed by atoms with Crippen LogP contribution in [0.2, 0.25) is 0 Å². The number of carbonyl (C=O) groups is 4. The summed E-state index contributed by atoms with van der Waals surface area (Å²) in [5.74, 6) is -3.88. The van der Waals surface area contributed by atoms with Crippen molar-refractivity contribution in [2.75, 3.05) is 13.7 Å². The van der Waals surface area contributed by atoms with Gasteiger partial charge in [0, 0.05) is 5.56 Å². The monoisotopic (exact) mass is 389 g/mol. The molecule has 1 aliphatic heterocycles. The number of halogens is 1. The minimum absolute atomic E-state index is 0.0100. The lowest BCUT2D eigenvalue weighted by molar-refractivity contribution is -0.157. The minimum Gasteiger partial charge on any atom is -0.494 e. The summed E-state index contributed by atoms with van der Waals surface area (Å²) >= 11 is 0. The van der Waals surface area contributed by atoms with Crippen LogP contribution in [0.3, 0.4) is 0 Å². The van der Waals surface area contributed by atoms with Crippen molar-refractivity contribution >= 4 is 23.6 Å². The summed E-state index contributed by atoms with van der Waals surface area (Å²) in [5.41, 5.74) is 0.0178. The zero-order valence-corrected chi connectivity index (χ0v) is 15.5. The van der Waals surface area contributed by atoms with Gasteiger partial charge in [-0.2, -0.15) is 0 Å². The summed E-state index contributed by atoms with van der Waals surface area (Å²) < 4.78 is 23.5. The van der Waals surface area contributed by atoms with E-state index in [9.17, 15) is 23.6 Å². The molecule has 3 atom stereocenters. The Bertz CT molecular complexity index is 838. The Morgan fingerprint density at radius 1 is 1.18 bits per heavy atom. The van der Waals surface area contributed by atoms with Gasteiger partial charge < -0.3 is 9.47 Å². The highest BCUT2D eigenvalue weighted by molar-refractivity contribution is 6.08. The van der Waals surface area contributed by atoms with Crippen LogP contribution in [-0.4, -0.2) is 48.2 Å². The van der Waals surface area contributed by atoms with Crippen LogP contribution < -0.4 is 4.74 Å². The van der Waals surface area contributed by atoms with Crippen molar-refractivity contribution in [3.63, 3.8) is 0 Å². The number of allylic oxidation sites excluding steroid dienone is 2. The van der Waals surface area contributed by atoms with Crippen molar-refractivity contribution in [3.05, 3.63) is 41.7 Å². The van der Waals surface area contributed by atoms with Gasteiger partial charge in [0.2, 0.25) is 11.8 Å². The number of hydrogen-bond donors (Lipinski definition) is 0. The van der Waals surface area contributed by atoms with Crippen LogP contribution in [0.15, 0.2) is 30.4 Å². The Morgan fingerprint density at radius 3 is 2.32 bits per heavy atom. The average molecular weight is 389 g/mol. The van der Waals surface area contributed by atoms with Gasteiger partial charge in [-0.05, 0) is 38.0 Å². The molecule has 1 fully saturated rings. The number of ether oxygens (including phenoxy) is 2. The zero-order chi connectivity index (χ0) is 20.4. The fourth-order valence-corrected chi connectivity index (χ4v) is 3.49. The van der Waals surface area contributed by atoms with E-state index in [2.05, 4.69) is 0 Å². The third kappa shape index (κ3) is 3.54. The minimum atomic E-state index is -1.13. The smallest absolute Gasteiger partial charge is 0.329 e. The fraction of sp³-hybridized carbons (Fsp3) is 0.400. The number of Topliss-reactive ketones (excluding diaryl/α,β-unsaturated/α-hetero) is 1. The number of amides is 2. The van der Waals surface area contributed by atoms with E-state index < -0.39 is 53.9 Å². The van der Waals surface area contributed by atoms with Crippen molar-refractivity contribution < 1.29 is 33.0 Å². The van der Waals surface area contributed by atoms with Gasteiger partial charge in [0.15, 0.2) is 24.0 Å². The van der Waals surface area contributed by atoms with Crippen molar-refractivity contribution in [2.45, 2.75) is 25.8 Å². The van der Waals surface area contributed by atoms with Gasteiger partial charge in [0.25, 0.3) is 0 Å². The molecule has 3 rings (SSSR count). The van der Waals surface area contributed by atoms with Crippen LogP contribution >= 0.6 is 0 Å².